The minimum absolute atomic E-state index is 0.00525. The number of fused-ring (bicyclic) bond motifs is 1. The normalized spacial score (nSPS) is 17.8. The third kappa shape index (κ3) is 7.59. The van der Waals surface area contributed by atoms with E-state index in [9.17, 15) is 22.8 Å². The molecule has 2 N–H and O–H groups in total. The molecule has 2 amide bonds. The van der Waals surface area contributed by atoms with Crippen LogP contribution in [0.3, 0.4) is 0 Å². The molecule has 42 heavy (non-hydrogen) atoms. The molecule has 0 spiro atoms. The van der Waals surface area contributed by atoms with Crippen molar-refractivity contribution >= 4 is 80.6 Å². The minimum Gasteiger partial charge on any atom is -0.475 e. The zero-order valence-corrected chi connectivity index (χ0v) is 24.1. The number of aromatic nitrogens is 1. The number of carbonyl (C=O) groups is 3. The van der Waals surface area contributed by atoms with Crippen LogP contribution in [0, 0.1) is 0 Å². The van der Waals surface area contributed by atoms with Crippen LogP contribution in [-0.4, -0.2) is 82.2 Å². The van der Waals surface area contributed by atoms with Crippen molar-refractivity contribution in [3.05, 3.63) is 74.7 Å². The molecular weight excluding hydrogens is 618 g/mol. The molecule has 0 unspecified atom stereocenters. The molecule has 1 aromatic heterocycles. The molecule has 0 radical (unpaired) electrons. The fourth-order valence-corrected chi connectivity index (χ4v) is 5.26. The number of hydrogen-bond donors (Lipinski definition) is 2. The lowest BCUT2D eigenvalue weighted by Crippen LogP contribution is -2.47. The van der Waals surface area contributed by atoms with Crippen LogP contribution in [0.1, 0.15) is 15.9 Å². The summed E-state index contributed by atoms with van der Waals surface area (Å²) in [5, 5.41) is 11.8. The van der Waals surface area contributed by atoms with Gasteiger partial charge in [-0.1, -0.05) is 35.3 Å². The number of nitrogens with one attached hydrogen (secondary N) is 1. The van der Waals surface area contributed by atoms with Crippen LogP contribution in [0.15, 0.2) is 58.6 Å². The fourth-order valence-electron chi connectivity index (χ4n) is 3.95. The van der Waals surface area contributed by atoms with Gasteiger partial charge >= 0.3 is 12.1 Å². The van der Waals surface area contributed by atoms with Crippen LogP contribution in [0.25, 0.3) is 17.0 Å². The van der Waals surface area contributed by atoms with Crippen molar-refractivity contribution in [2.45, 2.75) is 6.18 Å². The smallest absolute Gasteiger partial charge is 0.475 e. The number of carboxylic acids is 1. The summed E-state index contributed by atoms with van der Waals surface area (Å²) in [6, 6.07) is 12.5. The van der Waals surface area contributed by atoms with E-state index in [0.29, 0.717) is 44.5 Å². The Labute approximate surface area is 252 Å². The van der Waals surface area contributed by atoms with Crippen molar-refractivity contribution in [1.29, 1.82) is 0 Å². The van der Waals surface area contributed by atoms with Gasteiger partial charge in [0.1, 0.15) is 5.69 Å². The molecule has 220 valence electrons. The Balaban J connectivity index is 0.000000517. The number of amidine groups is 1. The summed E-state index contributed by atoms with van der Waals surface area (Å²) < 4.78 is 31.7. The monoisotopic (exact) mass is 639 g/mol. The van der Waals surface area contributed by atoms with Gasteiger partial charge in [-0.25, -0.2) is 9.79 Å². The molecule has 0 atom stereocenters. The summed E-state index contributed by atoms with van der Waals surface area (Å²) >= 11 is 13.6. The Bertz CT molecular complexity index is 1590. The molecule has 3 heterocycles. The number of pyridine rings is 1. The number of aliphatic imine (C=N–C) groups is 1. The first-order chi connectivity index (χ1) is 19.8. The van der Waals surface area contributed by atoms with Gasteiger partial charge in [-0.05, 0) is 60.8 Å². The lowest BCUT2D eigenvalue weighted by atomic mass is 10.0. The Morgan fingerprint density at radius 2 is 1.74 bits per heavy atom. The van der Waals surface area contributed by atoms with E-state index in [1.54, 1.807) is 36.5 Å². The number of amides is 2. The first-order valence-electron chi connectivity index (χ1n) is 12.2. The molecule has 15 heteroatoms. The number of piperazine rings is 1. The molecule has 3 aromatic rings. The highest BCUT2D eigenvalue weighted by molar-refractivity contribution is 8.18. The molecule has 0 saturated carbocycles. The molecule has 2 saturated heterocycles. The molecule has 2 aliphatic heterocycles. The second kappa shape index (κ2) is 13.1. The van der Waals surface area contributed by atoms with E-state index < -0.39 is 12.1 Å². The zero-order chi connectivity index (χ0) is 30.6. The number of alkyl halides is 3. The molecular formula is C27H22Cl2F3N5O4S. The minimum atomic E-state index is -5.08. The number of carboxylic acid groups (broad SMARTS) is 1. The van der Waals surface area contributed by atoms with Gasteiger partial charge in [-0.2, -0.15) is 13.2 Å². The van der Waals surface area contributed by atoms with Crippen molar-refractivity contribution in [3.63, 3.8) is 0 Å². The average Bonchev–Trinajstić information content (AvgIpc) is 3.28. The van der Waals surface area contributed by atoms with Gasteiger partial charge in [-0.3, -0.25) is 14.6 Å². The molecule has 2 aliphatic rings. The Hall–Kier alpha value is -3.65. The second-order valence-corrected chi connectivity index (χ2v) is 10.9. The van der Waals surface area contributed by atoms with E-state index in [4.69, 9.17) is 33.1 Å². The van der Waals surface area contributed by atoms with Crippen LogP contribution in [0.2, 0.25) is 10.0 Å². The molecule has 9 nitrogen and oxygen atoms in total. The standard InChI is InChI=1S/C25H21Cl2N5O2S.C2HF3O2/c1-31-9-11-32(12-10-31)24(34)16-7-8-28-20-6-5-15(13-17(16)20)14-21-23(33)30-25(35-21)29-22-18(26)3-2-4-19(22)27;3-2(4,5)1(6)7/h2-8,13-14H,9-12H2,1H3,(H,29,30,33);(H,6,7)/b21-14-;. The van der Waals surface area contributed by atoms with Gasteiger partial charge in [0, 0.05) is 37.8 Å². The van der Waals surface area contributed by atoms with Crippen molar-refractivity contribution in [1.82, 2.24) is 20.1 Å². The van der Waals surface area contributed by atoms with Crippen molar-refractivity contribution in [3.8, 4) is 0 Å². The van der Waals surface area contributed by atoms with E-state index in [0.717, 1.165) is 29.6 Å². The van der Waals surface area contributed by atoms with Gasteiger partial charge in [-0.15, -0.1) is 0 Å². The Morgan fingerprint density at radius 3 is 2.36 bits per heavy atom. The zero-order valence-electron chi connectivity index (χ0n) is 21.8. The van der Waals surface area contributed by atoms with Crippen molar-refractivity contribution in [2.24, 2.45) is 4.99 Å². The van der Waals surface area contributed by atoms with E-state index in [1.165, 1.54) is 11.8 Å². The third-order valence-corrected chi connectivity index (χ3v) is 7.65. The summed E-state index contributed by atoms with van der Waals surface area (Å²) in [5.74, 6) is -3.03. The number of halogens is 5. The number of thioether (sulfide) groups is 1. The topological polar surface area (TPSA) is 115 Å². The lowest BCUT2D eigenvalue weighted by Gasteiger charge is -2.32. The quantitative estimate of drug-likeness (QED) is 0.366. The number of likely N-dealkylation sites (N-methyl/N-ethyl adjacent to an activating group) is 1. The fraction of sp³-hybridized carbons (Fsp3) is 0.222. The first kappa shape index (κ1) is 31.3. The summed E-state index contributed by atoms with van der Waals surface area (Å²) in [6.07, 6.45) is -1.65. The number of para-hydroxylation sites is 1. The summed E-state index contributed by atoms with van der Waals surface area (Å²) in [4.78, 5) is 48.2. The van der Waals surface area contributed by atoms with Crippen molar-refractivity contribution in [2.75, 3.05) is 33.2 Å². The lowest BCUT2D eigenvalue weighted by molar-refractivity contribution is -0.192. The van der Waals surface area contributed by atoms with Gasteiger partial charge < -0.3 is 20.2 Å². The highest BCUT2D eigenvalue weighted by Crippen LogP contribution is 2.36. The maximum atomic E-state index is 13.3. The molecule has 0 aliphatic carbocycles. The molecule has 2 fully saturated rings. The van der Waals surface area contributed by atoms with E-state index >= 15 is 0 Å². The maximum absolute atomic E-state index is 13.3. The number of hydrogen-bond acceptors (Lipinski definition) is 7. The Morgan fingerprint density at radius 1 is 1.10 bits per heavy atom. The second-order valence-electron chi connectivity index (χ2n) is 9.09. The van der Waals surface area contributed by atoms with Crippen LogP contribution in [0.4, 0.5) is 18.9 Å². The highest BCUT2D eigenvalue weighted by Gasteiger charge is 2.38. The van der Waals surface area contributed by atoms with Crippen LogP contribution < -0.4 is 5.32 Å². The average molecular weight is 640 g/mol. The van der Waals surface area contributed by atoms with Gasteiger partial charge in [0.05, 0.1) is 26.0 Å². The largest absolute Gasteiger partial charge is 0.490 e. The molecule has 0 bridgehead atoms. The summed E-state index contributed by atoms with van der Waals surface area (Å²) in [7, 11) is 2.06. The number of rotatable bonds is 3. The Kier molecular flexibility index (Phi) is 9.77. The van der Waals surface area contributed by atoms with Crippen molar-refractivity contribution < 1.29 is 32.7 Å². The maximum Gasteiger partial charge on any atom is 0.490 e. The van der Waals surface area contributed by atoms with Gasteiger partial charge in [0.15, 0.2) is 5.17 Å². The number of aliphatic carboxylic acids is 1. The van der Waals surface area contributed by atoms with E-state index in [2.05, 4.69) is 27.2 Å². The van der Waals surface area contributed by atoms with Crippen LogP contribution >= 0.6 is 35.0 Å². The molecule has 2 aromatic carbocycles. The summed E-state index contributed by atoms with van der Waals surface area (Å²) in [5.41, 5.74) is 2.53. The SMILES string of the molecule is CN1CCN(C(=O)c2ccnc3ccc(/C=C4\SC(=Nc5c(Cl)cccc5Cl)NC4=O)cc23)CC1.O=C(O)C(F)(F)F. The van der Waals surface area contributed by atoms with Crippen LogP contribution in [-0.2, 0) is 9.59 Å². The van der Waals surface area contributed by atoms with Gasteiger partial charge in [0.25, 0.3) is 11.8 Å². The highest BCUT2D eigenvalue weighted by atomic mass is 35.5. The number of nitrogens with zero attached hydrogens (tertiary/aromatic N) is 4. The predicted molar refractivity (Wildman–Crippen MR) is 156 cm³/mol. The van der Waals surface area contributed by atoms with Crippen LogP contribution in [0.5, 0.6) is 0 Å². The summed E-state index contributed by atoms with van der Waals surface area (Å²) in [6.45, 7) is 3.08. The van der Waals surface area contributed by atoms with Gasteiger partial charge in [0.2, 0.25) is 0 Å². The predicted octanol–water partition coefficient (Wildman–Crippen LogP) is 5.45. The third-order valence-electron chi connectivity index (χ3n) is 6.13. The number of carbonyl (C=O) groups excluding carboxylic acids is 2. The molecule has 5 rings (SSSR count). The first-order valence-corrected chi connectivity index (χ1v) is 13.8. The van der Waals surface area contributed by atoms with E-state index in [-0.39, 0.29) is 11.8 Å². The number of benzene rings is 2. The van der Waals surface area contributed by atoms with E-state index in [1.807, 2.05) is 23.1 Å².